The summed E-state index contributed by atoms with van der Waals surface area (Å²) in [4.78, 5) is 22.7. The van der Waals surface area contributed by atoms with E-state index < -0.39 is 0 Å². The number of ether oxygens (including phenoxy) is 1. The van der Waals surface area contributed by atoms with Gasteiger partial charge >= 0.3 is 0 Å². The zero-order valence-electron chi connectivity index (χ0n) is 10.9. The summed E-state index contributed by atoms with van der Waals surface area (Å²) in [6.07, 6.45) is 2.82. The van der Waals surface area contributed by atoms with Crippen LogP contribution in [0.2, 0.25) is 0 Å². The van der Waals surface area contributed by atoms with Gasteiger partial charge in [-0.3, -0.25) is 4.79 Å². The Morgan fingerprint density at radius 3 is 2.90 bits per heavy atom. The molecule has 2 heterocycles. The van der Waals surface area contributed by atoms with Crippen LogP contribution in [0, 0.1) is 13.1 Å². The molecule has 2 aromatic heterocycles. The quantitative estimate of drug-likeness (QED) is 0.787. The highest BCUT2D eigenvalue weighted by atomic mass is 16.5. The van der Waals surface area contributed by atoms with Crippen molar-refractivity contribution < 1.29 is 4.74 Å². The van der Waals surface area contributed by atoms with Crippen LogP contribution in [0.1, 0.15) is 11.4 Å². The van der Waals surface area contributed by atoms with Gasteiger partial charge in [0.15, 0.2) is 5.75 Å². The van der Waals surface area contributed by atoms with Crippen LogP contribution in [0.5, 0.6) is 5.75 Å². The van der Waals surface area contributed by atoms with Crippen molar-refractivity contribution in [3.05, 3.63) is 64.3 Å². The second-order valence-corrected chi connectivity index (χ2v) is 4.38. The van der Waals surface area contributed by atoms with Crippen LogP contribution in [0.3, 0.4) is 0 Å². The molecule has 0 amide bonds. The number of aromatic nitrogens is 3. The fourth-order valence-electron chi connectivity index (χ4n) is 1.85. The molecule has 0 saturated heterocycles. The molecule has 0 aliphatic carbocycles. The number of aryl methyl sites for hydroxylation is 1. The number of hydrogen-bond acceptors (Lipinski definition) is 4. The van der Waals surface area contributed by atoms with Gasteiger partial charge in [-0.25, -0.2) is 9.97 Å². The fourth-order valence-corrected chi connectivity index (χ4v) is 1.85. The third kappa shape index (κ3) is 2.51. The minimum atomic E-state index is -0.306. The number of nitrogens with one attached hydrogen (secondary N) is 1. The highest BCUT2D eigenvalue weighted by Crippen LogP contribution is 2.13. The van der Waals surface area contributed by atoms with Gasteiger partial charge in [-0.15, -0.1) is 0 Å². The smallest absolute Gasteiger partial charge is 0.291 e. The fraction of sp³-hybridized carbons (Fsp3) is 0.133. The number of rotatable bonds is 3. The number of benzene rings is 1. The molecule has 5 heteroatoms. The van der Waals surface area contributed by atoms with Gasteiger partial charge in [0, 0.05) is 5.39 Å². The highest BCUT2D eigenvalue weighted by molar-refractivity contribution is 5.74. The van der Waals surface area contributed by atoms with Crippen molar-refractivity contribution in [1.82, 2.24) is 15.0 Å². The zero-order valence-corrected chi connectivity index (χ0v) is 10.9. The number of hydrogen-bond donors (Lipinski definition) is 1. The van der Waals surface area contributed by atoms with Crippen molar-refractivity contribution in [3.8, 4) is 5.75 Å². The molecule has 0 aliphatic heterocycles. The van der Waals surface area contributed by atoms with Gasteiger partial charge in [-0.1, -0.05) is 30.3 Å². The molecule has 0 bridgehead atoms. The van der Waals surface area contributed by atoms with Gasteiger partial charge in [0.25, 0.3) is 5.56 Å². The molecule has 0 aliphatic rings. The summed E-state index contributed by atoms with van der Waals surface area (Å²) < 4.78 is 5.54. The SMILES string of the molecule is Cc1n[c]c2cc(OCc3ccccc3)c(=O)[nH]c2n1. The first-order valence-corrected chi connectivity index (χ1v) is 6.18. The van der Waals surface area contributed by atoms with Crippen LogP contribution in [0.4, 0.5) is 0 Å². The van der Waals surface area contributed by atoms with Gasteiger partial charge in [0.1, 0.15) is 24.3 Å². The average Bonchev–Trinajstić information content (AvgIpc) is 2.46. The summed E-state index contributed by atoms with van der Waals surface area (Å²) in [5.41, 5.74) is 1.16. The lowest BCUT2D eigenvalue weighted by molar-refractivity contribution is 0.302. The number of aromatic amines is 1. The summed E-state index contributed by atoms with van der Waals surface area (Å²) in [5, 5.41) is 0.623. The first-order valence-electron chi connectivity index (χ1n) is 6.18. The Balaban J connectivity index is 1.90. The summed E-state index contributed by atoms with van der Waals surface area (Å²) in [5.74, 6) is 0.802. The van der Waals surface area contributed by atoms with E-state index in [1.165, 1.54) is 0 Å². The predicted octanol–water partition coefficient (Wildman–Crippen LogP) is 2.01. The van der Waals surface area contributed by atoms with E-state index in [1.54, 1.807) is 13.0 Å². The Morgan fingerprint density at radius 1 is 1.30 bits per heavy atom. The van der Waals surface area contributed by atoms with Crippen molar-refractivity contribution in [2.24, 2.45) is 0 Å². The lowest BCUT2D eigenvalue weighted by Crippen LogP contribution is -2.12. The molecule has 0 saturated carbocycles. The molecule has 3 aromatic rings. The van der Waals surface area contributed by atoms with Crippen LogP contribution >= 0.6 is 0 Å². The summed E-state index contributed by atoms with van der Waals surface area (Å²) >= 11 is 0. The van der Waals surface area contributed by atoms with E-state index in [9.17, 15) is 4.79 Å². The lowest BCUT2D eigenvalue weighted by atomic mass is 10.2. The van der Waals surface area contributed by atoms with Gasteiger partial charge < -0.3 is 9.72 Å². The molecule has 1 aromatic carbocycles. The number of fused-ring (bicyclic) bond motifs is 1. The van der Waals surface area contributed by atoms with Crippen LogP contribution in [0.15, 0.2) is 41.2 Å². The van der Waals surface area contributed by atoms with Crippen molar-refractivity contribution >= 4 is 11.0 Å². The first kappa shape index (κ1) is 12.3. The Hall–Kier alpha value is -2.69. The van der Waals surface area contributed by atoms with E-state index in [4.69, 9.17) is 4.74 Å². The van der Waals surface area contributed by atoms with Crippen LogP contribution in [0.25, 0.3) is 11.0 Å². The second-order valence-electron chi connectivity index (χ2n) is 4.38. The van der Waals surface area contributed by atoms with Crippen molar-refractivity contribution in [3.63, 3.8) is 0 Å². The molecule has 5 nitrogen and oxygen atoms in total. The van der Waals surface area contributed by atoms with Crippen LogP contribution in [-0.2, 0) is 6.61 Å². The van der Waals surface area contributed by atoms with E-state index in [0.717, 1.165) is 5.56 Å². The normalized spacial score (nSPS) is 10.7. The van der Waals surface area contributed by atoms with Gasteiger partial charge in [-0.05, 0) is 18.6 Å². The monoisotopic (exact) mass is 266 g/mol. The van der Waals surface area contributed by atoms with Crippen molar-refractivity contribution in [2.75, 3.05) is 0 Å². The average molecular weight is 266 g/mol. The van der Waals surface area contributed by atoms with Crippen molar-refractivity contribution in [2.45, 2.75) is 13.5 Å². The van der Waals surface area contributed by atoms with Gasteiger partial charge in [0.2, 0.25) is 0 Å². The standard InChI is InChI=1S/C15H12N3O2/c1-10-16-8-12-7-13(15(19)18-14(12)17-10)20-9-11-5-3-2-4-6-11/h2-7H,9H2,1H3,(H,16,17,18,19). The minimum Gasteiger partial charge on any atom is -0.483 e. The summed E-state index contributed by atoms with van der Waals surface area (Å²) in [6, 6.07) is 11.3. The van der Waals surface area contributed by atoms with E-state index in [0.29, 0.717) is 23.5 Å². The first-order chi connectivity index (χ1) is 9.72. The van der Waals surface area contributed by atoms with E-state index in [2.05, 4.69) is 21.1 Å². The molecule has 0 unspecified atom stereocenters. The zero-order chi connectivity index (χ0) is 13.9. The number of H-pyrrole nitrogens is 1. The Bertz CT molecular complexity index is 797. The molecule has 0 fully saturated rings. The second kappa shape index (κ2) is 5.13. The molecule has 3 rings (SSSR count). The third-order valence-corrected chi connectivity index (χ3v) is 2.84. The molecule has 0 spiro atoms. The van der Waals surface area contributed by atoms with Crippen LogP contribution in [-0.4, -0.2) is 15.0 Å². The molecule has 20 heavy (non-hydrogen) atoms. The molecular weight excluding hydrogens is 254 g/mol. The molecular formula is C15H12N3O2. The number of pyridine rings is 1. The maximum atomic E-state index is 11.9. The third-order valence-electron chi connectivity index (χ3n) is 2.84. The summed E-state index contributed by atoms with van der Waals surface area (Å²) in [6.45, 7) is 2.08. The summed E-state index contributed by atoms with van der Waals surface area (Å²) in [7, 11) is 0. The lowest BCUT2D eigenvalue weighted by Gasteiger charge is -2.06. The van der Waals surface area contributed by atoms with E-state index in [-0.39, 0.29) is 11.3 Å². The van der Waals surface area contributed by atoms with E-state index in [1.807, 2.05) is 30.3 Å². The van der Waals surface area contributed by atoms with Gasteiger partial charge in [-0.2, -0.15) is 0 Å². The Morgan fingerprint density at radius 2 is 2.10 bits per heavy atom. The van der Waals surface area contributed by atoms with Crippen molar-refractivity contribution in [1.29, 1.82) is 0 Å². The molecule has 0 atom stereocenters. The largest absolute Gasteiger partial charge is 0.483 e. The molecule has 99 valence electrons. The van der Waals surface area contributed by atoms with Crippen LogP contribution < -0.4 is 10.3 Å². The maximum absolute atomic E-state index is 11.9. The predicted molar refractivity (Wildman–Crippen MR) is 74.5 cm³/mol. The maximum Gasteiger partial charge on any atom is 0.291 e. The van der Waals surface area contributed by atoms with Gasteiger partial charge in [0.05, 0.1) is 0 Å². The highest BCUT2D eigenvalue weighted by Gasteiger charge is 2.06. The van der Waals surface area contributed by atoms with E-state index >= 15 is 0 Å². The minimum absolute atomic E-state index is 0.241. The Kier molecular flexibility index (Phi) is 3.16. The Labute approximate surface area is 115 Å². The number of nitrogens with zero attached hydrogens (tertiary/aromatic N) is 2. The molecule has 1 N–H and O–H groups in total. The topological polar surface area (TPSA) is 67.9 Å². The molecule has 1 radical (unpaired) electrons.